The van der Waals surface area contributed by atoms with Gasteiger partial charge in [0.2, 0.25) is 0 Å². The molecule has 0 fully saturated rings. The zero-order chi connectivity index (χ0) is 13.2. The summed E-state index contributed by atoms with van der Waals surface area (Å²) in [4.78, 5) is 8.85. The topological polar surface area (TPSA) is 37.8 Å². The lowest BCUT2D eigenvalue weighted by atomic mass is 10.1. The molecule has 98 valence electrons. The molecule has 19 heavy (non-hydrogen) atoms. The maximum absolute atomic E-state index is 4.49. The predicted octanol–water partition coefficient (Wildman–Crippen LogP) is 2.76. The second-order valence-corrected chi connectivity index (χ2v) is 6.01. The lowest BCUT2D eigenvalue weighted by Crippen LogP contribution is -2.23. The Balaban J connectivity index is 1.83. The van der Waals surface area contributed by atoms with E-state index in [1.807, 2.05) is 26.2 Å². The Kier molecular flexibility index (Phi) is 3.53. The summed E-state index contributed by atoms with van der Waals surface area (Å²) >= 11 is 1.77. The number of aromatic nitrogens is 2. The van der Waals surface area contributed by atoms with Crippen molar-refractivity contribution in [2.24, 2.45) is 0 Å². The normalized spacial score (nSPS) is 21.4. The maximum Gasteiger partial charge on any atom is 0.188 e. The average Bonchev–Trinajstić information content (AvgIpc) is 2.75. The van der Waals surface area contributed by atoms with Crippen LogP contribution in [0.4, 0.5) is 0 Å². The van der Waals surface area contributed by atoms with Gasteiger partial charge >= 0.3 is 0 Å². The van der Waals surface area contributed by atoms with Gasteiger partial charge in [-0.2, -0.15) is 0 Å². The average molecular weight is 271 g/mol. The molecule has 0 saturated heterocycles. The van der Waals surface area contributed by atoms with Crippen molar-refractivity contribution in [1.82, 2.24) is 15.3 Å². The zero-order valence-corrected chi connectivity index (χ0v) is 11.9. The van der Waals surface area contributed by atoms with Gasteiger partial charge in [-0.15, -0.1) is 0 Å². The summed E-state index contributed by atoms with van der Waals surface area (Å²) in [6.07, 6.45) is 2.91. The van der Waals surface area contributed by atoms with E-state index in [2.05, 4.69) is 39.6 Å². The number of hydrogen-bond donors (Lipinski definition) is 1. The van der Waals surface area contributed by atoms with Gasteiger partial charge in [0.05, 0.1) is 0 Å². The maximum atomic E-state index is 4.49. The fraction of sp³-hybridized carbons (Fsp3) is 0.333. The lowest BCUT2D eigenvalue weighted by molar-refractivity contribution is 0.602. The van der Waals surface area contributed by atoms with Crippen molar-refractivity contribution in [3.05, 3.63) is 53.3 Å². The first kappa shape index (κ1) is 12.6. The van der Waals surface area contributed by atoms with Crippen LogP contribution in [0.2, 0.25) is 0 Å². The van der Waals surface area contributed by atoms with Gasteiger partial charge in [0.1, 0.15) is 0 Å². The molecule has 0 radical (unpaired) electrons. The molecule has 0 aliphatic heterocycles. The summed E-state index contributed by atoms with van der Waals surface area (Å²) in [5, 5.41) is 4.76. The number of fused-ring (bicyclic) bond motifs is 1. The number of rotatable bonds is 3. The Labute approximate surface area is 117 Å². The molecule has 1 aromatic carbocycles. The van der Waals surface area contributed by atoms with E-state index in [0.717, 1.165) is 17.3 Å². The number of benzene rings is 1. The Morgan fingerprint density at radius 2 is 2.11 bits per heavy atom. The molecule has 1 aliphatic carbocycles. The molecule has 0 spiro atoms. The van der Waals surface area contributed by atoms with Crippen molar-refractivity contribution in [2.45, 2.75) is 29.8 Å². The quantitative estimate of drug-likeness (QED) is 0.871. The first-order chi connectivity index (χ1) is 9.28. The van der Waals surface area contributed by atoms with Crippen molar-refractivity contribution in [1.29, 1.82) is 0 Å². The van der Waals surface area contributed by atoms with Crippen molar-refractivity contribution >= 4 is 11.8 Å². The summed E-state index contributed by atoms with van der Waals surface area (Å²) < 4.78 is 0. The van der Waals surface area contributed by atoms with Crippen LogP contribution in [0.5, 0.6) is 0 Å². The van der Waals surface area contributed by atoms with E-state index in [9.17, 15) is 0 Å². The standard InChI is InChI=1S/C15H17N3S/c1-10-7-8-17-15(18-10)19-13-9-11-5-3-4-6-12(11)14(13)16-2/h3-8,13-14,16H,9H2,1-2H3. The molecule has 3 nitrogen and oxygen atoms in total. The SMILES string of the molecule is CNC1c2ccccc2CC1Sc1nccc(C)n1. The molecule has 4 heteroatoms. The van der Waals surface area contributed by atoms with Crippen molar-refractivity contribution < 1.29 is 0 Å². The molecule has 2 atom stereocenters. The second-order valence-electron chi connectivity index (χ2n) is 4.81. The van der Waals surface area contributed by atoms with Crippen LogP contribution >= 0.6 is 11.8 Å². The smallest absolute Gasteiger partial charge is 0.188 e. The minimum Gasteiger partial charge on any atom is -0.312 e. The van der Waals surface area contributed by atoms with Gasteiger partial charge in [0.15, 0.2) is 5.16 Å². The van der Waals surface area contributed by atoms with Crippen molar-refractivity contribution in [2.75, 3.05) is 7.05 Å². The third kappa shape index (κ3) is 2.51. The molecule has 0 bridgehead atoms. The highest BCUT2D eigenvalue weighted by Gasteiger charge is 2.32. The molecule has 1 heterocycles. The van der Waals surface area contributed by atoms with Gasteiger partial charge in [0.25, 0.3) is 0 Å². The second kappa shape index (κ2) is 5.31. The number of hydrogen-bond acceptors (Lipinski definition) is 4. The zero-order valence-electron chi connectivity index (χ0n) is 11.1. The summed E-state index contributed by atoms with van der Waals surface area (Å²) in [5.74, 6) is 0. The largest absolute Gasteiger partial charge is 0.312 e. The van der Waals surface area contributed by atoms with Gasteiger partial charge in [-0.25, -0.2) is 9.97 Å². The molecule has 0 saturated carbocycles. The predicted molar refractivity (Wildman–Crippen MR) is 78.4 cm³/mol. The number of thioether (sulfide) groups is 1. The highest BCUT2D eigenvalue weighted by molar-refractivity contribution is 7.99. The van der Waals surface area contributed by atoms with Gasteiger partial charge in [0, 0.05) is 23.2 Å². The van der Waals surface area contributed by atoms with Crippen LogP contribution in [0, 0.1) is 6.92 Å². The molecule has 2 unspecified atom stereocenters. The first-order valence-electron chi connectivity index (χ1n) is 6.49. The fourth-order valence-electron chi connectivity index (χ4n) is 2.63. The fourth-order valence-corrected chi connectivity index (χ4v) is 3.90. The molecule has 0 amide bonds. The Morgan fingerprint density at radius 1 is 1.26 bits per heavy atom. The number of aryl methyl sites for hydroxylation is 1. The molecule has 1 aromatic heterocycles. The molecule has 3 rings (SSSR count). The van der Waals surface area contributed by atoms with E-state index in [0.29, 0.717) is 11.3 Å². The molecule has 1 aliphatic rings. The Bertz CT molecular complexity index is 585. The van der Waals surface area contributed by atoms with Gasteiger partial charge in [-0.3, -0.25) is 0 Å². The lowest BCUT2D eigenvalue weighted by Gasteiger charge is -2.18. The van der Waals surface area contributed by atoms with Crippen LogP contribution in [0.1, 0.15) is 22.9 Å². The first-order valence-corrected chi connectivity index (χ1v) is 7.37. The van der Waals surface area contributed by atoms with Gasteiger partial charge < -0.3 is 5.32 Å². The van der Waals surface area contributed by atoms with E-state index in [1.165, 1.54) is 11.1 Å². The molecule has 2 aromatic rings. The summed E-state index contributed by atoms with van der Waals surface area (Å²) in [6.45, 7) is 2.00. The van der Waals surface area contributed by atoms with Crippen LogP contribution in [-0.4, -0.2) is 22.3 Å². The van der Waals surface area contributed by atoms with Crippen LogP contribution in [-0.2, 0) is 6.42 Å². The van der Waals surface area contributed by atoms with E-state index >= 15 is 0 Å². The van der Waals surface area contributed by atoms with E-state index < -0.39 is 0 Å². The van der Waals surface area contributed by atoms with Crippen LogP contribution < -0.4 is 5.32 Å². The minimum absolute atomic E-state index is 0.380. The summed E-state index contributed by atoms with van der Waals surface area (Å²) in [6, 6.07) is 11.0. The molecule has 1 N–H and O–H groups in total. The van der Waals surface area contributed by atoms with Crippen LogP contribution in [0.25, 0.3) is 0 Å². The molecular formula is C15H17N3S. The summed E-state index contributed by atoms with van der Waals surface area (Å²) in [7, 11) is 2.03. The van der Waals surface area contributed by atoms with E-state index in [-0.39, 0.29) is 0 Å². The van der Waals surface area contributed by atoms with Gasteiger partial charge in [-0.1, -0.05) is 36.0 Å². The Hall–Kier alpha value is -1.39. The van der Waals surface area contributed by atoms with Crippen LogP contribution in [0.3, 0.4) is 0 Å². The minimum atomic E-state index is 0.380. The van der Waals surface area contributed by atoms with Crippen molar-refractivity contribution in [3.63, 3.8) is 0 Å². The number of nitrogens with one attached hydrogen (secondary N) is 1. The highest BCUT2D eigenvalue weighted by Crippen LogP contribution is 2.40. The van der Waals surface area contributed by atoms with Crippen molar-refractivity contribution in [3.8, 4) is 0 Å². The summed E-state index contributed by atoms with van der Waals surface area (Å²) in [5.41, 5.74) is 3.87. The van der Waals surface area contributed by atoms with E-state index in [1.54, 1.807) is 11.8 Å². The third-order valence-electron chi connectivity index (χ3n) is 3.52. The monoisotopic (exact) mass is 271 g/mol. The molecular weight excluding hydrogens is 254 g/mol. The van der Waals surface area contributed by atoms with Gasteiger partial charge in [-0.05, 0) is 37.6 Å². The van der Waals surface area contributed by atoms with Crippen LogP contribution in [0.15, 0.2) is 41.7 Å². The van der Waals surface area contributed by atoms with E-state index in [4.69, 9.17) is 0 Å². The third-order valence-corrected chi connectivity index (χ3v) is 4.67. The Morgan fingerprint density at radius 3 is 2.89 bits per heavy atom. The highest BCUT2D eigenvalue weighted by atomic mass is 32.2. The number of nitrogens with zero attached hydrogens (tertiary/aromatic N) is 2.